The third-order valence-electron chi connectivity index (χ3n) is 2.81. The minimum absolute atomic E-state index is 0.178. The molecule has 0 saturated heterocycles. The van der Waals surface area contributed by atoms with Crippen LogP contribution in [0.4, 0.5) is 0 Å². The van der Waals surface area contributed by atoms with Gasteiger partial charge in [0.2, 0.25) is 0 Å². The lowest BCUT2D eigenvalue weighted by atomic mass is 10.4. The molecule has 0 fully saturated rings. The Kier molecular flexibility index (Phi) is 5.88. The topological polar surface area (TPSA) is 0 Å². The molecule has 0 spiro atoms. The van der Waals surface area contributed by atoms with E-state index in [1.807, 2.05) is 0 Å². The minimum atomic E-state index is -0.363. The molecule has 0 aromatic heterocycles. The van der Waals surface area contributed by atoms with Crippen LogP contribution in [0.5, 0.6) is 0 Å². The molecule has 2 rings (SSSR count). The van der Waals surface area contributed by atoms with Crippen LogP contribution in [-0.2, 0) is 0 Å². The van der Waals surface area contributed by atoms with Gasteiger partial charge >= 0.3 is 0 Å². The molecule has 2 aromatic rings. The van der Waals surface area contributed by atoms with Crippen LogP contribution in [0.25, 0.3) is 0 Å². The fraction of sp³-hybridized carbons (Fsp3) is 0.0667. The summed E-state index contributed by atoms with van der Waals surface area (Å²) in [4.78, 5) is 0. The molecular formula is C15H16P4. The summed E-state index contributed by atoms with van der Waals surface area (Å²) in [6.45, 7) is 2.31. The van der Waals surface area contributed by atoms with Crippen molar-refractivity contribution in [2.24, 2.45) is 0 Å². The Bertz CT molecular complexity index is 565. The normalized spacial score (nSPS) is 14.4. The van der Waals surface area contributed by atoms with Gasteiger partial charge in [0.1, 0.15) is 0 Å². The quantitative estimate of drug-likeness (QED) is 0.715. The van der Waals surface area contributed by atoms with Gasteiger partial charge < -0.3 is 0 Å². The predicted octanol–water partition coefficient (Wildman–Crippen LogP) is 4.44. The van der Waals surface area contributed by atoms with E-state index in [2.05, 4.69) is 73.9 Å². The van der Waals surface area contributed by atoms with Crippen molar-refractivity contribution < 1.29 is 0 Å². The van der Waals surface area contributed by atoms with Crippen molar-refractivity contribution in [3.8, 4) is 0 Å². The smallest absolute Gasteiger partial charge is 0.00906 e. The van der Waals surface area contributed by atoms with Crippen LogP contribution in [0.15, 0.2) is 54.6 Å². The first-order chi connectivity index (χ1) is 9.27. The molecular weight excluding hydrogens is 304 g/mol. The summed E-state index contributed by atoms with van der Waals surface area (Å²) in [7, 11) is 1.91. The van der Waals surface area contributed by atoms with E-state index < -0.39 is 0 Å². The average molecular weight is 320 g/mol. The first-order valence-electron chi connectivity index (χ1n) is 5.89. The van der Waals surface area contributed by atoms with Gasteiger partial charge in [-0.15, -0.1) is 0 Å². The molecule has 0 heterocycles. The molecule has 0 aliphatic rings. The highest BCUT2D eigenvalue weighted by Gasteiger charge is 2.16. The molecule has 0 bridgehead atoms. The number of hydrogen-bond donors (Lipinski definition) is 0. The van der Waals surface area contributed by atoms with E-state index in [9.17, 15) is 0 Å². The second kappa shape index (κ2) is 7.43. The molecule has 2 atom stereocenters. The number of rotatable bonds is 5. The maximum absolute atomic E-state index is 4.16. The second-order valence-corrected chi connectivity index (χ2v) is 12.4. The summed E-state index contributed by atoms with van der Waals surface area (Å²) in [6.07, 6.45) is 8.21. The molecule has 0 aliphatic heterocycles. The van der Waals surface area contributed by atoms with Crippen LogP contribution in [0.3, 0.4) is 0 Å². The highest BCUT2D eigenvalue weighted by Crippen LogP contribution is 2.50. The fourth-order valence-electron chi connectivity index (χ4n) is 1.86. The minimum Gasteiger partial charge on any atom is -0.0793 e. The van der Waals surface area contributed by atoms with E-state index in [1.165, 1.54) is 31.7 Å². The first kappa shape index (κ1) is 15.0. The zero-order chi connectivity index (χ0) is 13.7. The number of benzene rings is 2. The molecule has 0 radical (unpaired) electrons. The van der Waals surface area contributed by atoms with Gasteiger partial charge in [0.25, 0.3) is 0 Å². The molecule has 0 saturated carbocycles. The maximum atomic E-state index is 4.16. The summed E-state index contributed by atoms with van der Waals surface area (Å²) in [5.74, 6) is 0. The Balaban J connectivity index is 2.50. The monoisotopic (exact) mass is 320 g/mol. The fourth-order valence-corrected chi connectivity index (χ4v) is 8.36. The SMILES string of the molecule is C=PP(C)c1ccccc1P(P=C)c1ccccc1. The Morgan fingerprint density at radius 3 is 1.95 bits per heavy atom. The molecule has 19 heavy (non-hydrogen) atoms. The Morgan fingerprint density at radius 1 is 0.789 bits per heavy atom. The molecule has 96 valence electrons. The average Bonchev–Trinajstić information content (AvgIpc) is 2.49. The first-order valence-corrected chi connectivity index (χ1v) is 12.6. The largest absolute Gasteiger partial charge is 0.0793 e. The lowest BCUT2D eigenvalue weighted by Gasteiger charge is -2.19. The van der Waals surface area contributed by atoms with Gasteiger partial charge in [-0.2, -0.15) is 0 Å². The van der Waals surface area contributed by atoms with Crippen LogP contribution in [0, 0.1) is 0 Å². The predicted molar refractivity (Wildman–Crippen MR) is 99.6 cm³/mol. The van der Waals surface area contributed by atoms with Crippen molar-refractivity contribution >= 4 is 59.5 Å². The van der Waals surface area contributed by atoms with Gasteiger partial charge in [-0.3, -0.25) is 0 Å². The molecule has 0 amide bonds. The van der Waals surface area contributed by atoms with Gasteiger partial charge in [-0.1, -0.05) is 83.0 Å². The van der Waals surface area contributed by atoms with E-state index in [0.29, 0.717) is 0 Å². The molecule has 0 aliphatic carbocycles. The Labute approximate surface area is 121 Å². The van der Waals surface area contributed by atoms with Gasteiger partial charge in [0, 0.05) is 7.61 Å². The van der Waals surface area contributed by atoms with Crippen LogP contribution in [-0.4, -0.2) is 19.3 Å². The highest BCUT2D eigenvalue weighted by atomic mass is 32.0. The highest BCUT2D eigenvalue weighted by molar-refractivity contribution is 8.28. The zero-order valence-electron chi connectivity index (χ0n) is 10.9. The van der Waals surface area contributed by atoms with Gasteiger partial charge in [-0.25, -0.2) is 0 Å². The van der Waals surface area contributed by atoms with Gasteiger partial charge in [0.15, 0.2) is 0 Å². The van der Waals surface area contributed by atoms with E-state index in [1.54, 1.807) is 0 Å². The van der Waals surface area contributed by atoms with E-state index in [-0.39, 0.29) is 15.2 Å². The number of hydrogen-bond acceptors (Lipinski definition) is 0. The summed E-state index contributed by atoms with van der Waals surface area (Å²) >= 11 is 0. The molecule has 2 unspecified atom stereocenters. The van der Waals surface area contributed by atoms with Crippen molar-refractivity contribution in [1.29, 1.82) is 0 Å². The van der Waals surface area contributed by atoms with Gasteiger partial charge in [0.05, 0.1) is 0 Å². The van der Waals surface area contributed by atoms with Crippen molar-refractivity contribution in [3.63, 3.8) is 0 Å². The summed E-state index contributed by atoms with van der Waals surface area (Å²) in [5.41, 5.74) is 0. The Morgan fingerprint density at radius 2 is 1.37 bits per heavy atom. The van der Waals surface area contributed by atoms with Gasteiger partial charge in [-0.05, 0) is 30.2 Å². The van der Waals surface area contributed by atoms with E-state index in [4.69, 9.17) is 0 Å². The molecule has 4 heteroatoms. The third kappa shape index (κ3) is 3.60. The van der Waals surface area contributed by atoms with Crippen LogP contribution in [0.2, 0.25) is 0 Å². The van der Waals surface area contributed by atoms with Crippen molar-refractivity contribution in [1.82, 2.24) is 0 Å². The lowest BCUT2D eigenvalue weighted by Crippen LogP contribution is -2.22. The van der Waals surface area contributed by atoms with Crippen LogP contribution < -0.4 is 15.9 Å². The Hall–Kier alpha value is -0.360. The van der Waals surface area contributed by atoms with E-state index in [0.717, 1.165) is 0 Å². The standard InChI is InChI=1S/C15H16P4/c1-16-18(3)14-11-7-8-12-15(14)19(17-2)13-9-5-4-6-10-13/h4-12H,1-2H2,3H3. The molecule has 0 nitrogen and oxygen atoms in total. The van der Waals surface area contributed by atoms with Crippen molar-refractivity contribution in [2.45, 2.75) is 0 Å². The molecule has 2 aromatic carbocycles. The summed E-state index contributed by atoms with van der Waals surface area (Å²) in [6, 6.07) is 19.6. The zero-order valence-corrected chi connectivity index (χ0v) is 14.5. The van der Waals surface area contributed by atoms with E-state index >= 15 is 0 Å². The maximum Gasteiger partial charge on any atom is 0.00906 e. The third-order valence-corrected chi connectivity index (χ3v) is 10.5. The lowest BCUT2D eigenvalue weighted by molar-refractivity contribution is 1.77. The second-order valence-electron chi connectivity index (χ2n) is 3.94. The van der Waals surface area contributed by atoms with Crippen molar-refractivity contribution in [2.75, 3.05) is 6.66 Å². The van der Waals surface area contributed by atoms with Crippen molar-refractivity contribution in [3.05, 3.63) is 54.6 Å². The van der Waals surface area contributed by atoms with Crippen LogP contribution in [0.1, 0.15) is 0 Å². The van der Waals surface area contributed by atoms with Crippen LogP contribution >= 0.6 is 31.0 Å². The summed E-state index contributed by atoms with van der Waals surface area (Å²) in [5, 5.41) is 4.37. The summed E-state index contributed by atoms with van der Waals surface area (Å²) < 4.78 is 0. The molecule has 0 N–H and O–H groups in total.